The summed E-state index contributed by atoms with van der Waals surface area (Å²) in [6, 6.07) is 4.16. The Morgan fingerprint density at radius 2 is 2.04 bits per heavy atom. The molecule has 27 heavy (non-hydrogen) atoms. The molecule has 0 aromatic carbocycles. The quantitative estimate of drug-likeness (QED) is 0.796. The van der Waals surface area contributed by atoms with Crippen molar-refractivity contribution in [2.75, 3.05) is 14.1 Å². The zero-order valence-corrected chi connectivity index (χ0v) is 17.5. The van der Waals surface area contributed by atoms with E-state index in [-0.39, 0.29) is 16.7 Å². The van der Waals surface area contributed by atoms with Crippen molar-refractivity contribution in [3.8, 4) is 0 Å². The number of carbonyl (C=O) groups is 1. The van der Waals surface area contributed by atoms with Gasteiger partial charge < -0.3 is 19.7 Å². The van der Waals surface area contributed by atoms with Crippen molar-refractivity contribution < 1.29 is 14.3 Å². The van der Waals surface area contributed by atoms with Crippen molar-refractivity contribution in [3.05, 3.63) is 24.2 Å². The molecule has 2 aliphatic carbocycles. The highest BCUT2D eigenvalue weighted by Gasteiger charge is 2.61. The molecular weight excluding hydrogens is 340 g/mol. The molecule has 3 rings (SSSR count). The number of rotatable bonds is 6. The summed E-state index contributed by atoms with van der Waals surface area (Å²) >= 11 is 0. The molecule has 4 atom stereocenters. The van der Waals surface area contributed by atoms with Crippen LogP contribution in [0.2, 0.25) is 0 Å². The van der Waals surface area contributed by atoms with Crippen LogP contribution in [0.4, 0.5) is 0 Å². The first-order valence-electron chi connectivity index (χ1n) is 10.2. The lowest BCUT2D eigenvalue weighted by Gasteiger charge is -2.51. The molecule has 1 amide bonds. The highest BCUT2D eigenvalue weighted by atomic mass is 16.3. The normalized spacial score (nSPS) is 35.2. The van der Waals surface area contributed by atoms with E-state index in [4.69, 9.17) is 4.42 Å². The molecule has 1 heterocycles. The van der Waals surface area contributed by atoms with Crippen LogP contribution in [0.5, 0.6) is 0 Å². The Balaban J connectivity index is 1.73. The summed E-state index contributed by atoms with van der Waals surface area (Å²) in [5.74, 6) is 1.29. The number of hydrogen-bond donors (Lipinski definition) is 2. The lowest BCUT2D eigenvalue weighted by Crippen LogP contribution is -2.51. The Bertz CT molecular complexity index is 651. The fourth-order valence-corrected chi connectivity index (χ4v) is 5.91. The molecule has 1 aromatic heterocycles. The molecule has 0 saturated heterocycles. The van der Waals surface area contributed by atoms with Crippen molar-refractivity contribution in [1.82, 2.24) is 10.2 Å². The molecule has 0 unspecified atom stereocenters. The van der Waals surface area contributed by atoms with Gasteiger partial charge in [-0.05, 0) is 82.0 Å². The summed E-state index contributed by atoms with van der Waals surface area (Å²) in [4.78, 5) is 14.9. The summed E-state index contributed by atoms with van der Waals surface area (Å²) < 4.78 is 5.30. The third-order valence-corrected chi connectivity index (χ3v) is 7.27. The van der Waals surface area contributed by atoms with Crippen LogP contribution in [0.25, 0.3) is 0 Å². The lowest BCUT2D eigenvalue weighted by molar-refractivity contribution is -0.124. The Hall–Kier alpha value is -1.33. The largest absolute Gasteiger partial charge is 0.467 e. The molecule has 5 nitrogen and oxygen atoms in total. The lowest BCUT2D eigenvalue weighted by atomic mass is 9.57. The average Bonchev–Trinajstić information content (AvgIpc) is 3.17. The predicted molar refractivity (Wildman–Crippen MR) is 106 cm³/mol. The molecule has 0 bridgehead atoms. The molecule has 5 heteroatoms. The van der Waals surface area contributed by atoms with Gasteiger partial charge in [-0.1, -0.05) is 13.8 Å². The van der Waals surface area contributed by atoms with Crippen molar-refractivity contribution in [2.45, 2.75) is 77.5 Å². The number of amides is 1. The molecule has 0 spiro atoms. The number of furan rings is 1. The summed E-state index contributed by atoms with van der Waals surface area (Å²) in [5.41, 5.74) is -0.324. The summed E-state index contributed by atoms with van der Waals surface area (Å²) in [7, 11) is 4.32. The summed E-state index contributed by atoms with van der Waals surface area (Å²) in [6.45, 7) is 7.11. The van der Waals surface area contributed by atoms with E-state index in [9.17, 15) is 9.90 Å². The maximum atomic E-state index is 12.5. The van der Waals surface area contributed by atoms with Gasteiger partial charge in [0.15, 0.2) is 0 Å². The van der Waals surface area contributed by atoms with Crippen LogP contribution >= 0.6 is 0 Å². The van der Waals surface area contributed by atoms with Gasteiger partial charge in [-0.15, -0.1) is 0 Å². The van der Waals surface area contributed by atoms with Crippen molar-refractivity contribution >= 4 is 5.91 Å². The summed E-state index contributed by atoms with van der Waals surface area (Å²) in [5, 5.41) is 13.7. The van der Waals surface area contributed by atoms with Gasteiger partial charge >= 0.3 is 0 Å². The maximum Gasteiger partial charge on any atom is 0.220 e. The van der Waals surface area contributed by atoms with Gasteiger partial charge in [0.05, 0.1) is 18.4 Å². The van der Waals surface area contributed by atoms with Crippen LogP contribution in [0.3, 0.4) is 0 Å². The molecule has 2 aliphatic rings. The van der Waals surface area contributed by atoms with Crippen LogP contribution in [0, 0.1) is 16.7 Å². The first kappa shape index (κ1) is 20.4. The maximum absolute atomic E-state index is 12.5. The van der Waals surface area contributed by atoms with Gasteiger partial charge in [0.2, 0.25) is 5.91 Å². The fourth-order valence-electron chi connectivity index (χ4n) is 5.91. The molecule has 0 aliphatic heterocycles. The van der Waals surface area contributed by atoms with Gasteiger partial charge in [-0.3, -0.25) is 4.79 Å². The Labute approximate surface area is 163 Å². The van der Waals surface area contributed by atoms with Crippen LogP contribution in [0.15, 0.2) is 22.8 Å². The first-order chi connectivity index (χ1) is 12.6. The molecule has 1 aromatic rings. The molecule has 2 fully saturated rings. The van der Waals surface area contributed by atoms with Gasteiger partial charge in [-0.2, -0.15) is 0 Å². The zero-order valence-electron chi connectivity index (χ0n) is 17.5. The molecule has 0 radical (unpaired) electrons. The highest BCUT2D eigenvalue weighted by molar-refractivity contribution is 5.75. The van der Waals surface area contributed by atoms with E-state index in [1.165, 1.54) is 0 Å². The van der Waals surface area contributed by atoms with Crippen molar-refractivity contribution in [1.29, 1.82) is 0 Å². The Morgan fingerprint density at radius 3 is 2.67 bits per heavy atom. The van der Waals surface area contributed by atoms with Crippen molar-refractivity contribution in [2.24, 2.45) is 16.7 Å². The number of carbonyl (C=O) groups excluding carboxylic acids is 1. The van der Waals surface area contributed by atoms with Gasteiger partial charge in [0.25, 0.3) is 0 Å². The van der Waals surface area contributed by atoms with E-state index in [0.29, 0.717) is 24.9 Å². The van der Waals surface area contributed by atoms with Crippen molar-refractivity contribution in [3.63, 3.8) is 0 Å². The number of hydrogen-bond acceptors (Lipinski definition) is 4. The van der Waals surface area contributed by atoms with Gasteiger partial charge in [-0.25, -0.2) is 0 Å². The van der Waals surface area contributed by atoms with E-state index < -0.39 is 5.60 Å². The monoisotopic (exact) mass is 376 g/mol. The average molecular weight is 377 g/mol. The van der Waals surface area contributed by atoms with E-state index in [2.05, 4.69) is 38.2 Å². The highest BCUT2D eigenvalue weighted by Crippen LogP contribution is 2.64. The second-order valence-electron chi connectivity index (χ2n) is 10.0. The van der Waals surface area contributed by atoms with Crippen LogP contribution in [-0.2, 0) is 11.3 Å². The molecule has 2 saturated carbocycles. The van der Waals surface area contributed by atoms with Gasteiger partial charge in [0.1, 0.15) is 5.76 Å². The third kappa shape index (κ3) is 4.09. The predicted octanol–water partition coefficient (Wildman–Crippen LogP) is 3.57. The van der Waals surface area contributed by atoms with E-state index >= 15 is 0 Å². The van der Waals surface area contributed by atoms with E-state index in [1.54, 1.807) is 6.26 Å². The van der Waals surface area contributed by atoms with Crippen LogP contribution < -0.4 is 5.32 Å². The summed E-state index contributed by atoms with van der Waals surface area (Å²) in [6.07, 6.45) is 6.79. The van der Waals surface area contributed by atoms with Crippen LogP contribution in [-0.4, -0.2) is 41.7 Å². The van der Waals surface area contributed by atoms with Crippen LogP contribution in [0.1, 0.15) is 65.1 Å². The molecular formula is C22H36N2O3. The molecule has 2 N–H and O–H groups in total. The third-order valence-electron chi connectivity index (χ3n) is 7.27. The minimum atomic E-state index is -0.589. The Morgan fingerprint density at radius 1 is 1.30 bits per heavy atom. The number of nitrogens with one attached hydrogen (secondary N) is 1. The zero-order chi connectivity index (χ0) is 19.9. The second kappa shape index (κ2) is 7.25. The molecule has 152 valence electrons. The minimum Gasteiger partial charge on any atom is -0.467 e. The van der Waals surface area contributed by atoms with E-state index in [1.807, 2.05) is 19.1 Å². The second-order valence-corrected chi connectivity index (χ2v) is 10.0. The number of aliphatic hydroxyl groups is 1. The standard InChI is InChI=1S/C22H36N2O3/c1-20(2)14-18(24(4)5)22(11-10-21(3,26)13-17(20)22)9-8-19(25)23-15-16-7-6-12-27-16/h6-7,12,17-18,26H,8-11,13-15H2,1-5H3,(H,23,25)/t17-,18-,21-,22-/m0/s1. The number of fused-ring (bicyclic) bond motifs is 1. The first-order valence-corrected chi connectivity index (χ1v) is 10.2. The van der Waals surface area contributed by atoms with E-state index in [0.717, 1.165) is 37.9 Å². The van der Waals surface area contributed by atoms with Gasteiger partial charge in [0, 0.05) is 12.5 Å². The Kier molecular flexibility index (Phi) is 5.48. The SMILES string of the molecule is CN(C)[C@H]1CC(C)(C)[C@@H]2C[C@@](C)(O)CC[C@]12CCC(=O)NCc1ccco1. The minimum absolute atomic E-state index is 0.0825. The fraction of sp³-hybridized carbons (Fsp3) is 0.773. The number of nitrogens with zero attached hydrogens (tertiary/aromatic N) is 1. The topological polar surface area (TPSA) is 65.7 Å². The smallest absolute Gasteiger partial charge is 0.220 e.